The number of benzene rings is 3. The normalized spacial score (nSPS) is 20.4. The fourth-order valence-electron chi connectivity index (χ4n) is 6.04. The summed E-state index contributed by atoms with van der Waals surface area (Å²) >= 11 is 0. The number of hydrogen-bond donors (Lipinski definition) is 1. The van der Waals surface area contributed by atoms with Crippen molar-refractivity contribution in [1.82, 2.24) is 4.90 Å². The molecule has 3 aromatic rings. The van der Waals surface area contributed by atoms with E-state index in [1.54, 1.807) is 12.1 Å². The molecule has 5 nitrogen and oxygen atoms in total. The Bertz CT molecular complexity index is 1350. The van der Waals surface area contributed by atoms with Crippen molar-refractivity contribution in [1.29, 1.82) is 0 Å². The zero-order chi connectivity index (χ0) is 26.8. The summed E-state index contributed by atoms with van der Waals surface area (Å²) in [5, 5.41) is 10.2. The number of aromatic hydroxyl groups is 1. The van der Waals surface area contributed by atoms with Crippen LogP contribution in [0.2, 0.25) is 0 Å². The van der Waals surface area contributed by atoms with Gasteiger partial charge in [0.05, 0.1) is 13.3 Å². The molecule has 0 amide bonds. The number of ether oxygens (including phenoxy) is 3. The van der Waals surface area contributed by atoms with Crippen LogP contribution in [0.5, 0.6) is 23.0 Å². The van der Waals surface area contributed by atoms with Gasteiger partial charge in [0.2, 0.25) is 0 Å². The van der Waals surface area contributed by atoms with Crippen molar-refractivity contribution in [2.45, 2.75) is 38.7 Å². The van der Waals surface area contributed by atoms with Crippen LogP contribution in [-0.4, -0.2) is 49.5 Å². The van der Waals surface area contributed by atoms with Gasteiger partial charge in [0, 0.05) is 48.2 Å². The van der Waals surface area contributed by atoms with Gasteiger partial charge in [0.15, 0.2) is 0 Å². The lowest BCUT2D eigenvalue weighted by molar-refractivity contribution is 0.228. The molecular weight excluding hydrogens is 493 g/mol. The molecule has 0 bridgehead atoms. The zero-order valence-corrected chi connectivity index (χ0v) is 22.5. The maximum Gasteiger partial charge on any atom is 0.150 e. The molecule has 39 heavy (non-hydrogen) atoms. The SMILES string of the molecule is CCCc1ccc2c(c1)OCCC1=C2C(c2ccc(OCCN3CCC(CF)C3)cc2)Oc2cc(O)ccc21. The molecule has 1 saturated heterocycles. The Labute approximate surface area is 229 Å². The molecule has 0 spiro atoms. The molecule has 3 aliphatic heterocycles. The second-order valence-electron chi connectivity index (χ2n) is 10.8. The van der Waals surface area contributed by atoms with E-state index in [-0.39, 0.29) is 24.4 Å². The Kier molecular flexibility index (Phi) is 7.47. The van der Waals surface area contributed by atoms with E-state index in [0.29, 0.717) is 19.0 Å². The molecule has 1 fully saturated rings. The Morgan fingerprint density at radius 3 is 2.67 bits per heavy atom. The standard InChI is InChI=1S/C33H36FNO4/c1-2-3-22-4-10-29-30(18-22)38-16-13-28-27-11-7-25(36)19-31(27)39-33(32(28)29)24-5-8-26(9-6-24)37-17-15-35-14-12-23(20-34)21-35/h4-11,18-19,23,33,36H,2-3,12-17,20-21H2,1H3. The van der Waals surface area contributed by atoms with Crippen molar-refractivity contribution in [3.8, 4) is 23.0 Å². The highest BCUT2D eigenvalue weighted by molar-refractivity contribution is 5.98. The van der Waals surface area contributed by atoms with E-state index in [2.05, 4.69) is 42.2 Å². The predicted molar refractivity (Wildman–Crippen MR) is 151 cm³/mol. The fraction of sp³-hybridized carbons (Fsp3) is 0.394. The summed E-state index contributed by atoms with van der Waals surface area (Å²) in [5.74, 6) is 2.74. The third kappa shape index (κ3) is 5.35. The molecule has 0 aliphatic carbocycles. The molecule has 204 valence electrons. The number of phenols is 1. The van der Waals surface area contributed by atoms with Crippen LogP contribution in [0.15, 0.2) is 60.7 Å². The van der Waals surface area contributed by atoms with Crippen LogP contribution in [0.1, 0.15) is 54.5 Å². The summed E-state index contributed by atoms with van der Waals surface area (Å²) in [5.41, 5.74) is 6.66. The summed E-state index contributed by atoms with van der Waals surface area (Å²) in [6.45, 7) is 5.67. The van der Waals surface area contributed by atoms with Crippen molar-refractivity contribution >= 4 is 11.1 Å². The number of fused-ring (bicyclic) bond motifs is 4. The largest absolute Gasteiger partial charge is 0.508 e. The highest BCUT2D eigenvalue weighted by Gasteiger charge is 2.34. The van der Waals surface area contributed by atoms with Crippen LogP contribution in [-0.2, 0) is 6.42 Å². The minimum Gasteiger partial charge on any atom is -0.508 e. The van der Waals surface area contributed by atoms with Crippen LogP contribution >= 0.6 is 0 Å². The lowest BCUT2D eigenvalue weighted by Crippen LogP contribution is -2.26. The van der Waals surface area contributed by atoms with Crippen molar-refractivity contribution in [2.24, 2.45) is 5.92 Å². The van der Waals surface area contributed by atoms with E-state index in [4.69, 9.17) is 14.2 Å². The molecule has 0 aromatic heterocycles. The van der Waals surface area contributed by atoms with E-state index in [1.165, 1.54) is 11.1 Å². The highest BCUT2D eigenvalue weighted by atomic mass is 19.1. The van der Waals surface area contributed by atoms with Gasteiger partial charge in [-0.05, 0) is 66.4 Å². The molecule has 6 heteroatoms. The van der Waals surface area contributed by atoms with Gasteiger partial charge in [0.1, 0.15) is 35.7 Å². The average Bonchev–Trinajstić information content (AvgIpc) is 3.33. The number of halogens is 1. The van der Waals surface area contributed by atoms with Crippen LogP contribution in [0, 0.1) is 5.92 Å². The summed E-state index contributed by atoms with van der Waals surface area (Å²) in [6.07, 6.45) is 3.44. The zero-order valence-electron chi connectivity index (χ0n) is 22.5. The summed E-state index contributed by atoms with van der Waals surface area (Å²) in [6, 6.07) is 20.0. The quantitative estimate of drug-likeness (QED) is 0.346. The first-order valence-electron chi connectivity index (χ1n) is 14.1. The van der Waals surface area contributed by atoms with Crippen molar-refractivity contribution < 1.29 is 23.7 Å². The minimum atomic E-state index is -0.344. The average molecular weight is 530 g/mol. The van der Waals surface area contributed by atoms with Crippen LogP contribution in [0.3, 0.4) is 0 Å². The molecule has 3 heterocycles. The minimum absolute atomic E-state index is 0.170. The molecule has 0 saturated carbocycles. The van der Waals surface area contributed by atoms with Crippen LogP contribution in [0.4, 0.5) is 4.39 Å². The first-order chi connectivity index (χ1) is 19.1. The van der Waals surface area contributed by atoms with E-state index in [1.807, 2.05) is 18.2 Å². The van der Waals surface area contributed by atoms with Gasteiger partial charge in [-0.2, -0.15) is 0 Å². The van der Waals surface area contributed by atoms with Gasteiger partial charge >= 0.3 is 0 Å². The molecule has 6 rings (SSSR count). The predicted octanol–water partition coefficient (Wildman–Crippen LogP) is 6.84. The fourth-order valence-corrected chi connectivity index (χ4v) is 6.04. The Morgan fingerprint density at radius 1 is 1.03 bits per heavy atom. The third-order valence-corrected chi connectivity index (χ3v) is 8.05. The molecule has 2 unspecified atom stereocenters. The Balaban J connectivity index is 1.28. The number of nitrogens with zero attached hydrogens (tertiary/aromatic N) is 1. The van der Waals surface area contributed by atoms with Gasteiger partial charge in [-0.3, -0.25) is 9.29 Å². The summed E-state index contributed by atoms with van der Waals surface area (Å²) in [7, 11) is 0. The van der Waals surface area contributed by atoms with Gasteiger partial charge in [0.25, 0.3) is 0 Å². The third-order valence-electron chi connectivity index (χ3n) is 8.05. The Hall–Kier alpha value is -3.51. The monoisotopic (exact) mass is 529 g/mol. The maximum atomic E-state index is 12.9. The highest BCUT2D eigenvalue weighted by Crippen LogP contribution is 2.51. The smallest absolute Gasteiger partial charge is 0.150 e. The van der Waals surface area contributed by atoms with Gasteiger partial charge < -0.3 is 19.3 Å². The molecule has 3 aromatic carbocycles. The summed E-state index contributed by atoms with van der Waals surface area (Å²) < 4.78 is 31.8. The van der Waals surface area contributed by atoms with Crippen LogP contribution < -0.4 is 14.2 Å². The van der Waals surface area contributed by atoms with E-state index in [0.717, 1.165) is 79.1 Å². The van der Waals surface area contributed by atoms with E-state index in [9.17, 15) is 9.50 Å². The molecule has 2 atom stereocenters. The lowest BCUT2D eigenvalue weighted by atomic mass is 9.84. The topological polar surface area (TPSA) is 51.2 Å². The maximum absolute atomic E-state index is 12.9. The Morgan fingerprint density at radius 2 is 1.87 bits per heavy atom. The number of alkyl halides is 1. The van der Waals surface area contributed by atoms with Gasteiger partial charge in [-0.15, -0.1) is 0 Å². The van der Waals surface area contributed by atoms with Crippen molar-refractivity contribution in [3.63, 3.8) is 0 Å². The molecule has 3 aliphatic rings. The van der Waals surface area contributed by atoms with Gasteiger partial charge in [-0.1, -0.05) is 37.6 Å². The van der Waals surface area contributed by atoms with Crippen molar-refractivity contribution in [2.75, 3.05) is 39.5 Å². The first-order valence-corrected chi connectivity index (χ1v) is 14.1. The second-order valence-corrected chi connectivity index (χ2v) is 10.8. The number of aryl methyl sites for hydroxylation is 1. The van der Waals surface area contributed by atoms with Crippen LogP contribution in [0.25, 0.3) is 11.1 Å². The number of likely N-dealkylation sites (tertiary alicyclic amines) is 1. The van der Waals surface area contributed by atoms with Crippen molar-refractivity contribution in [3.05, 3.63) is 82.9 Å². The first kappa shape index (κ1) is 25.8. The summed E-state index contributed by atoms with van der Waals surface area (Å²) in [4.78, 5) is 2.27. The number of phenolic OH excluding ortho intramolecular Hbond substituents is 1. The van der Waals surface area contributed by atoms with E-state index < -0.39 is 0 Å². The molecular formula is C33H36FNO4. The van der Waals surface area contributed by atoms with E-state index >= 15 is 0 Å². The number of hydrogen-bond acceptors (Lipinski definition) is 5. The molecule has 0 radical (unpaired) electrons. The second kappa shape index (κ2) is 11.3. The lowest BCUT2D eigenvalue weighted by Gasteiger charge is -2.31. The molecule has 1 N–H and O–H groups in total. The van der Waals surface area contributed by atoms with Gasteiger partial charge in [-0.25, -0.2) is 0 Å². The number of rotatable bonds is 8.